The number of aliphatic hydroxyl groups excluding tert-OH is 5. The van der Waals surface area contributed by atoms with E-state index in [1.807, 2.05) is 10.6 Å². The number of nitrogens with one attached hydrogen (secondary N) is 7. The summed E-state index contributed by atoms with van der Waals surface area (Å²) >= 11 is 0. The summed E-state index contributed by atoms with van der Waals surface area (Å²) in [5, 5.41) is 88.3. The highest BCUT2D eigenvalue weighted by Crippen LogP contribution is 2.27. The Balaban J connectivity index is 1.52. The summed E-state index contributed by atoms with van der Waals surface area (Å²) in [6.45, 7) is 3.48. The summed E-state index contributed by atoms with van der Waals surface area (Å²) in [5.74, 6) is -14.4. The maximum absolute atomic E-state index is 14.6. The summed E-state index contributed by atoms with van der Waals surface area (Å²) in [7, 11) is 0. The molecule has 0 spiro atoms. The van der Waals surface area contributed by atoms with E-state index in [0.29, 0.717) is 23.7 Å². The normalized spacial score (nSPS) is 27.1. The third-order valence-corrected chi connectivity index (χ3v) is 15.8. The predicted molar refractivity (Wildman–Crippen MR) is 303 cm³/mol. The van der Waals surface area contributed by atoms with Crippen molar-refractivity contribution in [3.8, 4) is 0 Å². The van der Waals surface area contributed by atoms with Crippen LogP contribution in [0.2, 0.25) is 0 Å². The summed E-state index contributed by atoms with van der Waals surface area (Å²) in [6.07, 6.45) is -4.62. The first-order valence-electron chi connectivity index (χ1n) is 29.7. The maximum Gasteiger partial charge on any atom is 0.335 e. The lowest BCUT2D eigenvalue weighted by Crippen LogP contribution is -2.64. The number of aliphatic hydroxyl groups is 5. The molecule has 1 unspecified atom stereocenters. The molecule has 16 N–H and O–H groups in total. The Bertz CT molecular complexity index is 2660. The van der Waals surface area contributed by atoms with Crippen molar-refractivity contribution in [1.82, 2.24) is 51.3 Å². The average molecular weight is 1240 g/mol. The summed E-state index contributed by atoms with van der Waals surface area (Å²) < 4.78 is 5.67. The van der Waals surface area contributed by atoms with Crippen molar-refractivity contribution in [2.24, 2.45) is 11.7 Å². The second kappa shape index (κ2) is 33.7. The molecule has 0 aliphatic carbocycles. The molecule has 0 bridgehead atoms. The second-order valence-electron chi connectivity index (χ2n) is 22.9. The molecule has 13 atom stereocenters. The van der Waals surface area contributed by atoms with Crippen molar-refractivity contribution < 1.29 is 93.2 Å². The van der Waals surface area contributed by atoms with Gasteiger partial charge in [0.2, 0.25) is 53.2 Å². The Morgan fingerprint density at radius 1 is 0.667 bits per heavy atom. The lowest BCUT2D eigenvalue weighted by molar-refractivity contribution is -0.165. The molecule has 486 valence electrons. The number of ether oxygens (including phenoxy) is 1. The number of esters is 1. The van der Waals surface area contributed by atoms with E-state index in [-0.39, 0.29) is 89.2 Å². The van der Waals surface area contributed by atoms with Crippen LogP contribution in [0.3, 0.4) is 0 Å². The highest BCUT2D eigenvalue weighted by Gasteiger charge is 2.49. The molecule has 0 radical (unpaired) electrons. The largest absolute Gasteiger partial charge is 0.479 e. The fourth-order valence-electron chi connectivity index (χ4n) is 11.1. The number of carbonyl (C=O) groups is 11. The number of hydrogen-bond acceptors (Lipinski definition) is 21. The van der Waals surface area contributed by atoms with Gasteiger partial charge in [-0.3, -0.25) is 48.1 Å². The zero-order valence-electron chi connectivity index (χ0n) is 49.2. The van der Waals surface area contributed by atoms with Gasteiger partial charge in [-0.25, -0.2) is 19.4 Å². The van der Waals surface area contributed by atoms with Crippen LogP contribution >= 0.6 is 0 Å². The number of aromatic nitrogens is 2. The zero-order valence-corrected chi connectivity index (χ0v) is 49.2. The van der Waals surface area contributed by atoms with Gasteiger partial charge in [0.15, 0.2) is 18.2 Å². The van der Waals surface area contributed by atoms with Crippen molar-refractivity contribution in [3.63, 3.8) is 0 Å². The van der Waals surface area contributed by atoms with E-state index < -0.39 is 169 Å². The van der Waals surface area contributed by atoms with Crippen LogP contribution in [0.25, 0.3) is 0 Å². The predicted octanol–water partition coefficient (Wildman–Crippen LogP) is -4.47. The van der Waals surface area contributed by atoms with Gasteiger partial charge < -0.3 is 92.8 Å². The standard InChI is InChI=1S/C55H86N12O20/c1-28(2)14-9-7-5-4-6-8-10-15-31-25-38(72)61-39(29(3)69)51(81)66-22-13-18-35(66)50(80)65-21-12-17-34(65)46(76)59-32(16-11-20-57-55-58-30(26-56)24-37(71)62-55)45(75)63-40(43(73)52(82)83)47(77)60-33(27-68)49(79)67-23-19-36(70)42(67)48(78)64-41(54(86)87-31)44(74)53(84)85/h24,28-29,31-36,39-44,68-70,73-74H,4-23,25-27,56H2,1-3H3,(H,59,76)(H,60,77)(H,61,72)(H,63,75)(H,64,78)(H,82,83)(H,84,85)(H2,57,58,62,71)/t29-,31-,32+,33-,34?,35-,36+,39-,40-,41-,42+,43-,44+/m1/s1. The third-order valence-electron chi connectivity index (χ3n) is 15.8. The molecule has 1 aromatic rings. The van der Waals surface area contributed by atoms with Crippen molar-refractivity contribution in [3.05, 3.63) is 22.1 Å². The first kappa shape index (κ1) is 70.4. The number of aromatic amines is 1. The number of carboxylic acid groups (broad SMARTS) is 2. The minimum Gasteiger partial charge on any atom is -0.479 e. The van der Waals surface area contributed by atoms with Crippen LogP contribution in [-0.4, -0.2) is 237 Å². The second-order valence-corrected chi connectivity index (χ2v) is 22.9. The number of aliphatic carboxylic acids is 2. The Kier molecular flexibility index (Phi) is 27.2. The Labute approximate surface area is 501 Å². The minimum absolute atomic E-state index is 0.0116. The number of cyclic esters (lactones) is 1. The van der Waals surface area contributed by atoms with E-state index in [1.54, 1.807) is 0 Å². The first-order valence-corrected chi connectivity index (χ1v) is 29.7. The van der Waals surface area contributed by atoms with Gasteiger partial charge >= 0.3 is 17.9 Å². The molecule has 32 nitrogen and oxygen atoms in total. The number of rotatable bonds is 22. The van der Waals surface area contributed by atoms with Crippen LogP contribution in [0.15, 0.2) is 10.9 Å². The highest BCUT2D eigenvalue weighted by atomic mass is 16.5. The summed E-state index contributed by atoms with van der Waals surface area (Å²) in [5.41, 5.74) is 5.33. The molecular formula is C55H86N12O20. The molecular weight excluding hydrogens is 1150 g/mol. The molecule has 4 saturated heterocycles. The Hall–Kier alpha value is -7.39. The van der Waals surface area contributed by atoms with Gasteiger partial charge in [0, 0.05) is 38.8 Å². The molecule has 32 heteroatoms. The number of anilines is 1. The quantitative estimate of drug-likeness (QED) is 0.0385. The SMILES string of the molecule is CC(C)CCCCCCCCC[C@@H]1CC(=O)N[C@H]([C@@H](C)O)C(=O)N2CCC[C@@H]2C(=O)N2CCCC2C(=O)N[C@@H](CCCNc2nc(CN)cc(=O)[nH]2)C(=O)N[C@H]([C@@H](O)C(=O)O)C(=O)N[C@H](CO)C(=O)N2CC[C@H](O)[C@H]2C(=O)N[C@H]([C@H](O)C(=O)O)C(=O)O1. The van der Waals surface area contributed by atoms with Crippen molar-refractivity contribution in [2.75, 3.05) is 38.1 Å². The third kappa shape index (κ3) is 19.8. The zero-order chi connectivity index (χ0) is 64.2. The van der Waals surface area contributed by atoms with E-state index in [0.717, 1.165) is 43.4 Å². The number of nitrogens with two attached hydrogens (primary N) is 1. The number of amides is 8. The van der Waals surface area contributed by atoms with Crippen LogP contribution in [0.5, 0.6) is 0 Å². The van der Waals surface area contributed by atoms with E-state index in [2.05, 4.69) is 45.1 Å². The smallest absolute Gasteiger partial charge is 0.335 e. The van der Waals surface area contributed by atoms with Crippen molar-refractivity contribution >= 4 is 71.1 Å². The molecule has 5 heterocycles. The first-order chi connectivity index (χ1) is 41.3. The number of nitrogens with zero attached hydrogens (tertiary/aromatic N) is 4. The number of carboxylic acids is 2. The molecule has 5 rings (SSSR count). The van der Waals surface area contributed by atoms with Gasteiger partial charge in [0.1, 0.15) is 48.4 Å². The molecule has 1 aromatic heterocycles. The van der Waals surface area contributed by atoms with Gasteiger partial charge in [-0.15, -0.1) is 0 Å². The monoisotopic (exact) mass is 1230 g/mol. The average Bonchev–Trinajstić information content (AvgIpc) is 2.44. The fourth-order valence-corrected chi connectivity index (χ4v) is 11.1. The van der Waals surface area contributed by atoms with Gasteiger partial charge in [0.05, 0.1) is 30.9 Å². The Morgan fingerprint density at radius 2 is 1.26 bits per heavy atom. The molecule has 0 aromatic carbocycles. The van der Waals surface area contributed by atoms with E-state index >= 15 is 0 Å². The van der Waals surface area contributed by atoms with E-state index in [1.165, 1.54) is 17.9 Å². The molecule has 4 aliphatic rings. The number of H-pyrrole nitrogens is 1. The molecule has 87 heavy (non-hydrogen) atoms. The maximum atomic E-state index is 14.6. The molecule has 4 fully saturated rings. The highest BCUT2D eigenvalue weighted by molar-refractivity contribution is 6.00. The van der Waals surface area contributed by atoms with Gasteiger partial charge in [0.25, 0.3) is 5.56 Å². The van der Waals surface area contributed by atoms with Crippen LogP contribution < -0.4 is 43.2 Å². The molecule has 0 saturated carbocycles. The lowest BCUT2D eigenvalue weighted by Gasteiger charge is -2.34. The fraction of sp³-hybridized carbons (Fsp3) is 0.727. The van der Waals surface area contributed by atoms with Crippen LogP contribution in [-0.2, 0) is 64.0 Å². The van der Waals surface area contributed by atoms with Crippen LogP contribution in [0, 0.1) is 5.92 Å². The van der Waals surface area contributed by atoms with Gasteiger partial charge in [-0.1, -0.05) is 58.8 Å². The number of carbonyl (C=O) groups excluding carboxylic acids is 9. The number of unbranched alkanes of at least 4 members (excludes halogenated alkanes) is 6. The van der Waals surface area contributed by atoms with E-state index in [4.69, 9.17) is 10.5 Å². The summed E-state index contributed by atoms with van der Waals surface area (Å²) in [4.78, 5) is 175. The van der Waals surface area contributed by atoms with Gasteiger partial charge in [-0.05, 0) is 70.6 Å². The van der Waals surface area contributed by atoms with Crippen molar-refractivity contribution in [2.45, 2.75) is 215 Å². The van der Waals surface area contributed by atoms with E-state index in [9.17, 15) is 93.3 Å². The van der Waals surface area contributed by atoms with Crippen molar-refractivity contribution in [1.29, 1.82) is 0 Å². The van der Waals surface area contributed by atoms with Gasteiger partial charge in [-0.2, -0.15) is 0 Å². The minimum atomic E-state index is -2.79. The van der Waals surface area contributed by atoms with Crippen LogP contribution in [0.1, 0.15) is 136 Å². The van der Waals surface area contributed by atoms with Crippen LogP contribution in [0.4, 0.5) is 5.95 Å². The molecule has 4 aliphatic heterocycles. The number of fused-ring (bicyclic) bond motifs is 3. The summed E-state index contributed by atoms with van der Waals surface area (Å²) in [6, 6.07) is -14.0. The topological polar surface area (TPSA) is 492 Å². The number of hydrogen-bond donors (Lipinski definition) is 15. The lowest BCUT2D eigenvalue weighted by atomic mass is 10.0. The molecule has 8 amide bonds. The Morgan fingerprint density at radius 3 is 1.89 bits per heavy atom.